The van der Waals surface area contributed by atoms with E-state index in [4.69, 9.17) is 16.3 Å². The Morgan fingerprint density at radius 3 is 2.56 bits per heavy atom. The normalized spacial score (nSPS) is 15.0. The summed E-state index contributed by atoms with van der Waals surface area (Å²) in [7, 11) is 0. The molecule has 0 saturated carbocycles. The topological polar surface area (TPSA) is 78.5 Å². The Bertz CT molecular complexity index is 1350. The lowest BCUT2D eigenvalue weighted by atomic mass is 9.95. The summed E-state index contributed by atoms with van der Waals surface area (Å²) in [5.74, 6) is 0.153. The van der Waals surface area contributed by atoms with Crippen molar-refractivity contribution >= 4 is 17.5 Å². The molecule has 1 atom stereocenters. The van der Waals surface area contributed by atoms with Crippen LogP contribution in [0.15, 0.2) is 66.7 Å². The Balaban J connectivity index is 1.63. The number of phenolic OH excluding ortho intramolecular Hbond substituents is 1. The van der Waals surface area contributed by atoms with Gasteiger partial charge in [-0.05, 0) is 60.5 Å². The van der Waals surface area contributed by atoms with E-state index < -0.39 is 6.04 Å². The lowest BCUT2D eigenvalue weighted by Crippen LogP contribution is -2.29. The molecule has 1 unspecified atom stereocenters. The first-order valence-electron chi connectivity index (χ1n) is 10.8. The molecule has 5 rings (SSSR count). The number of hydrogen-bond acceptors (Lipinski definition) is 4. The fraction of sp³-hybridized carbons (Fsp3) is 0.154. The predicted molar refractivity (Wildman–Crippen MR) is 126 cm³/mol. The second-order valence-corrected chi connectivity index (χ2v) is 8.42. The number of nitrogens with one attached hydrogen (secondary N) is 1. The van der Waals surface area contributed by atoms with Crippen LogP contribution in [0, 0.1) is 5.82 Å². The van der Waals surface area contributed by atoms with Gasteiger partial charge in [0.25, 0.3) is 5.91 Å². The van der Waals surface area contributed by atoms with Crippen LogP contribution in [-0.2, 0) is 6.54 Å². The van der Waals surface area contributed by atoms with Gasteiger partial charge in [-0.25, -0.2) is 4.39 Å². The highest BCUT2D eigenvalue weighted by atomic mass is 35.5. The molecule has 6 nitrogen and oxygen atoms in total. The van der Waals surface area contributed by atoms with Crippen LogP contribution in [0.25, 0.3) is 11.3 Å². The Morgan fingerprint density at radius 1 is 1.12 bits per heavy atom. The van der Waals surface area contributed by atoms with E-state index in [0.717, 1.165) is 16.9 Å². The summed E-state index contributed by atoms with van der Waals surface area (Å²) in [5, 5.41) is 18.2. The molecular weight excluding hydrogens is 457 g/mol. The Hall–Kier alpha value is -3.84. The highest BCUT2D eigenvalue weighted by Crippen LogP contribution is 2.45. The van der Waals surface area contributed by atoms with Crippen molar-refractivity contribution in [1.82, 2.24) is 15.1 Å². The minimum atomic E-state index is -0.490. The van der Waals surface area contributed by atoms with E-state index in [0.29, 0.717) is 34.1 Å². The van der Waals surface area contributed by atoms with Gasteiger partial charge in [0.2, 0.25) is 0 Å². The van der Waals surface area contributed by atoms with Gasteiger partial charge in [-0.2, -0.15) is 5.10 Å². The zero-order valence-electron chi connectivity index (χ0n) is 18.3. The number of aromatic hydroxyl groups is 1. The number of fused-ring (bicyclic) bond motifs is 1. The summed E-state index contributed by atoms with van der Waals surface area (Å²) in [6, 6.07) is 17.8. The highest BCUT2D eigenvalue weighted by molar-refractivity contribution is 6.31. The molecule has 3 aromatic carbocycles. The fourth-order valence-electron chi connectivity index (χ4n) is 4.31. The summed E-state index contributed by atoms with van der Waals surface area (Å²) < 4.78 is 19.0. The molecular formula is C26H21ClFN3O3. The Morgan fingerprint density at radius 2 is 1.85 bits per heavy atom. The maximum Gasteiger partial charge on any atom is 0.273 e. The van der Waals surface area contributed by atoms with Gasteiger partial charge in [0.1, 0.15) is 28.7 Å². The van der Waals surface area contributed by atoms with Gasteiger partial charge in [0, 0.05) is 22.7 Å². The van der Waals surface area contributed by atoms with E-state index in [2.05, 4.69) is 10.2 Å². The van der Waals surface area contributed by atoms with Crippen molar-refractivity contribution in [3.63, 3.8) is 0 Å². The van der Waals surface area contributed by atoms with E-state index in [1.54, 1.807) is 29.2 Å². The number of aromatic amines is 1. The summed E-state index contributed by atoms with van der Waals surface area (Å²) >= 11 is 6.19. The van der Waals surface area contributed by atoms with Crippen molar-refractivity contribution in [2.75, 3.05) is 6.61 Å². The third kappa shape index (κ3) is 3.88. The number of carbonyl (C=O) groups is 1. The highest BCUT2D eigenvalue weighted by Gasteiger charge is 2.42. The molecule has 1 amide bonds. The largest absolute Gasteiger partial charge is 0.507 e. The lowest BCUT2D eigenvalue weighted by Gasteiger charge is -2.27. The molecule has 1 aliphatic rings. The number of H-pyrrole nitrogens is 1. The maximum atomic E-state index is 13.5. The zero-order valence-corrected chi connectivity index (χ0v) is 19.0. The minimum Gasteiger partial charge on any atom is -0.507 e. The summed E-state index contributed by atoms with van der Waals surface area (Å²) in [5.41, 5.74) is 3.50. The van der Waals surface area contributed by atoms with Gasteiger partial charge < -0.3 is 14.7 Å². The quantitative estimate of drug-likeness (QED) is 0.372. The van der Waals surface area contributed by atoms with Crippen molar-refractivity contribution in [1.29, 1.82) is 0 Å². The van der Waals surface area contributed by atoms with Crippen molar-refractivity contribution in [3.8, 4) is 22.8 Å². The number of phenols is 1. The molecule has 8 heteroatoms. The van der Waals surface area contributed by atoms with E-state index in [9.17, 15) is 14.3 Å². The van der Waals surface area contributed by atoms with Gasteiger partial charge >= 0.3 is 0 Å². The third-order valence-electron chi connectivity index (χ3n) is 5.85. The van der Waals surface area contributed by atoms with Crippen LogP contribution in [-0.4, -0.2) is 32.7 Å². The van der Waals surface area contributed by atoms with Crippen LogP contribution in [0.4, 0.5) is 4.39 Å². The SMILES string of the molecule is CCOc1ccc(C2c3c(-c4cc(Cl)ccc4O)n[nH]c3C(=O)N2Cc2ccc(F)cc2)cc1. The van der Waals surface area contributed by atoms with Gasteiger partial charge in [-0.1, -0.05) is 35.9 Å². The summed E-state index contributed by atoms with van der Waals surface area (Å²) in [4.78, 5) is 15.2. The van der Waals surface area contributed by atoms with Gasteiger partial charge in [-0.3, -0.25) is 9.89 Å². The molecule has 34 heavy (non-hydrogen) atoms. The van der Waals surface area contributed by atoms with E-state index in [-0.39, 0.29) is 24.0 Å². The van der Waals surface area contributed by atoms with Crippen LogP contribution >= 0.6 is 11.6 Å². The first-order chi connectivity index (χ1) is 16.5. The van der Waals surface area contributed by atoms with Crippen molar-refractivity contribution in [2.24, 2.45) is 0 Å². The first-order valence-corrected chi connectivity index (χ1v) is 11.2. The van der Waals surface area contributed by atoms with Crippen molar-refractivity contribution < 1.29 is 19.0 Å². The number of amides is 1. The van der Waals surface area contributed by atoms with Crippen LogP contribution in [0.3, 0.4) is 0 Å². The summed E-state index contributed by atoms with van der Waals surface area (Å²) in [6.45, 7) is 2.72. The van der Waals surface area contributed by atoms with Crippen LogP contribution in [0.1, 0.15) is 40.1 Å². The van der Waals surface area contributed by atoms with Gasteiger partial charge in [0.15, 0.2) is 0 Å². The van der Waals surface area contributed by atoms with E-state index in [1.807, 2.05) is 31.2 Å². The third-order valence-corrected chi connectivity index (χ3v) is 6.09. The summed E-state index contributed by atoms with van der Waals surface area (Å²) in [6.07, 6.45) is 0. The number of nitrogens with zero attached hydrogens (tertiary/aromatic N) is 2. The molecule has 0 saturated heterocycles. The van der Waals surface area contributed by atoms with Crippen LogP contribution in [0.5, 0.6) is 11.5 Å². The standard InChI is InChI=1S/C26H21ClFN3O3/c1-2-34-19-10-5-16(6-11-19)25-22-23(20-13-17(27)7-12-21(20)32)29-30-24(22)26(33)31(25)14-15-3-8-18(28)9-4-15/h3-13,25,32H,2,14H2,1H3,(H,29,30). The lowest BCUT2D eigenvalue weighted by molar-refractivity contribution is 0.0730. The molecule has 1 aliphatic heterocycles. The number of halogens is 2. The number of hydrogen-bond donors (Lipinski definition) is 2. The molecule has 1 aromatic heterocycles. The fourth-order valence-corrected chi connectivity index (χ4v) is 4.48. The predicted octanol–water partition coefficient (Wildman–Crippen LogP) is 5.72. The zero-order chi connectivity index (χ0) is 23.8. The molecule has 0 radical (unpaired) electrons. The number of aromatic nitrogens is 2. The average molecular weight is 478 g/mol. The molecule has 2 heterocycles. The maximum absolute atomic E-state index is 13.5. The molecule has 0 fully saturated rings. The van der Waals surface area contributed by atoms with Crippen molar-refractivity contribution in [3.05, 3.63) is 100.0 Å². The second-order valence-electron chi connectivity index (χ2n) is 7.99. The van der Waals surface area contributed by atoms with Crippen LogP contribution in [0.2, 0.25) is 5.02 Å². The second kappa shape index (κ2) is 8.83. The Kier molecular flexibility index (Phi) is 5.71. The molecule has 2 N–H and O–H groups in total. The molecule has 4 aromatic rings. The van der Waals surface area contributed by atoms with Crippen LogP contribution < -0.4 is 4.74 Å². The Labute approximate surface area is 200 Å². The molecule has 0 spiro atoms. The first kappa shape index (κ1) is 22.0. The smallest absolute Gasteiger partial charge is 0.273 e. The molecule has 0 aliphatic carbocycles. The number of benzene rings is 3. The van der Waals surface area contributed by atoms with E-state index in [1.165, 1.54) is 18.2 Å². The van der Waals surface area contributed by atoms with Gasteiger partial charge in [0.05, 0.1) is 12.6 Å². The number of ether oxygens (including phenoxy) is 1. The number of rotatable bonds is 6. The minimum absolute atomic E-state index is 0.00794. The molecule has 0 bridgehead atoms. The van der Waals surface area contributed by atoms with Crippen molar-refractivity contribution in [2.45, 2.75) is 19.5 Å². The average Bonchev–Trinajstić information content (AvgIpc) is 3.37. The monoisotopic (exact) mass is 477 g/mol. The number of carbonyl (C=O) groups excluding carboxylic acids is 1. The van der Waals surface area contributed by atoms with E-state index >= 15 is 0 Å². The van der Waals surface area contributed by atoms with Gasteiger partial charge in [-0.15, -0.1) is 0 Å². The molecule has 172 valence electrons.